The molecule has 0 radical (unpaired) electrons. The summed E-state index contributed by atoms with van der Waals surface area (Å²) in [6.45, 7) is 7.20. The predicted molar refractivity (Wildman–Crippen MR) is 132 cm³/mol. The van der Waals surface area contributed by atoms with Gasteiger partial charge in [0.2, 0.25) is 5.95 Å². The Morgan fingerprint density at radius 2 is 1.83 bits per heavy atom. The van der Waals surface area contributed by atoms with Crippen LogP contribution >= 0.6 is 0 Å². The number of hydrogen-bond donors (Lipinski definition) is 3. The molecular formula is C25H32N4O6. The zero-order chi connectivity index (χ0) is 25.6. The fourth-order valence-corrected chi connectivity index (χ4v) is 3.19. The molecular weight excluding hydrogens is 452 g/mol. The van der Waals surface area contributed by atoms with Crippen LogP contribution in [0.5, 0.6) is 0 Å². The Kier molecular flexibility index (Phi) is 11.2. The summed E-state index contributed by atoms with van der Waals surface area (Å²) >= 11 is 0. The van der Waals surface area contributed by atoms with Gasteiger partial charge in [0.05, 0.1) is 18.8 Å². The molecule has 0 saturated heterocycles. The molecule has 1 heterocycles. The van der Waals surface area contributed by atoms with E-state index >= 15 is 0 Å². The van der Waals surface area contributed by atoms with Crippen LogP contribution in [0.1, 0.15) is 45.1 Å². The topological polar surface area (TPSA) is 139 Å². The average molecular weight is 485 g/mol. The lowest BCUT2D eigenvalue weighted by atomic mass is 10.0. The van der Waals surface area contributed by atoms with E-state index in [1.54, 1.807) is 6.92 Å². The number of carbonyl (C=O) groups is 3. The highest BCUT2D eigenvalue weighted by atomic mass is 16.5. The Balaban J connectivity index is 2.03. The number of carbonyl (C=O) groups excluding carboxylic acids is 3. The number of benzene rings is 1. The van der Waals surface area contributed by atoms with Crippen molar-refractivity contribution in [2.75, 3.05) is 25.1 Å². The Hall–Kier alpha value is -3.95. The van der Waals surface area contributed by atoms with Crippen molar-refractivity contribution in [3.8, 4) is 11.3 Å². The van der Waals surface area contributed by atoms with Gasteiger partial charge < -0.3 is 14.8 Å². The van der Waals surface area contributed by atoms with Crippen molar-refractivity contribution in [3.05, 3.63) is 58.4 Å². The van der Waals surface area contributed by atoms with Crippen LogP contribution in [-0.4, -0.2) is 47.7 Å². The molecule has 0 atom stereocenters. The fraction of sp³-hybridized carbons (Fsp3) is 0.400. The van der Waals surface area contributed by atoms with Crippen molar-refractivity contribution in [1.29, 1.82) is 0 Å². The minimum atomic E-state index is -0.606. The van der Waals surface area contributed by atoms with E-state index in [-0.39, 0.29) is 36.2 Å². The first kappa shape index (κ1) is 27.3. The van der Waals surface area contributed by atoms with Gasteiger partial charge in [-0.25, -0.2) is 14.6 Å². The first-order valence-corrected chi connectivity index (χ1v) is 11.5. The molecule has 0 aliphatic carbocycles. The number of unbranched alkanes of at least 4 members (excludes halogenated alkanes) is 2. The van der Waals surface area contributed by atoms with Gasteiger partial charge in [-0.15, -0.1) is 0 Å². The number of aromatic nitrogens is 2. The molecule has 2 rings (SSSR count). The molecule has 2 aromatic rings. The second-order valence-electron chi connectivity index (χ2n) is 7.77. The highest BCUT2D eigenvalue weighted by Crippen LogP contribution is 2.22. The molecule has 10 heteroatoms. The molecule has 0 saturated carbocycles. The second-order valence-corrected chi connectivity index (χ2v) is 7.77. The van der Waals surface area contributed by atoms with Crippen molar-refractivity contribution >= 4 is 23.9 Å². The average Bonchev–Trinajstić information content (AvgIpc) is 2.83. The maximum Gasteiger partial charge on any atom is 0.333 e. The molecule has 0 unspecified atom stereocenters. The first-order chi connectivity index (χ1) is 16.8. The van der Waals surface area contributed by atoms with E-state index in [1.807, 2.05) is 30.3 Å². The molecule has 0 bridgehead atoms. The summed E-state index contributed by atoms with van der Waals surface area (Å²) in [6, 6.07) is 8.61. The summed E-state index contributed by atoms with van der Waals surface area (Å²) in [4.78, 5) is 55.0. The fourth-order valence-electron chi connectivity index (χ4n) is 3.19. The molecule has 3 N–H and O–H groups in total. The Morgan fingerprint density at radius 3 is 2.51 bits per heavy atom. The highest BCUT2D eigenvalue weighted by molar-refractivity contribution is 5.88. The smallest absolute Gasteiger partial charge is 0.333 e. The lowest BCUT2D eigenvalue weighted by molar-refractivity contribution is -0.143. The molecule has 0 aliphatic rings. The lowest BCUT2D eigenvalue weighted by Gasteiger charge is -2.12. The van der Waals surface area contributed by atoms with Gasteiger partial charge in [-0.3, -0.25) is 19.9 Å². The number of ether oxygens (including phenoxy) is 2. The summed E-state index contributed by atoms with van der Waals surface area (Å²) < 4.78 is 9.85. The number of nitrogens with one attached hydrogen (secondary N) is 3. The minimum absolute atomic E-state index is 0.00338. The van der Waals surface area contributed by atoms with E-state index in [0.29, 0.717) is 43.5 Å². The summed E-state index contributed by atoms with van der Waals surface area (Å²) in [7, 11) is 0. The van der Waals surface area contributed by atoms with Crippen LogP contribution in [0, 0.1) is 0 Å². The van der Waals surface area contributed by atoms with Gasteiger partial charge in [-0.2, -0.15) is 0 Å². The van der Waals surface area contributed by atoms with Gasteiger partial charge >= 0.3 is 18.0 Å². The molecule has 35 heavy (non-hydrogen) atoms. The van der Waals surface area contributed by atoms with Crippen LogP contribution < -0.4 is 16.2 Å². The second kappa shape index (κ2) is 14.3. The van der Waals surface area contributed by atoms with Crippen molar-refractivity contribution in [1.82, 2.24) is 15.3 Å². The van der Waals surface area contributed by atoms with E-state index in [4.69, 9.17) is 9.47 Å². The molecule has 10 nitrogen and oxygen atoms in total. The van der Waals surface area contributed by atoms with E-state index < -0.39 is 12.0 Å². The van der Waals surface area contributed by atoms with Gasteiger partial charge in [0.15, 0.2) is 0 Å². The van der Waals surface area contributed by atoms with Crippen molar-refractivity contribution in [2.45, 2.75) is 46.0 Å². The van der Waals surface area contributed by atoms with Gasteiger partial charge in [0, 0.05) is 23.1 Å². The van der Waals surface area contributed by atoms with Crippen LogP contribution in [-0.2, 0) is 25.5 Å². The zero-order valence-electron chi connectivity index (χ0n) is 20.1. The van der Waals surface area contributed by atoms with Crippen molar-refractivity contribution < 1.29 is 23.9 Å². The number of aromatic amines is 1. The summed E-state index contributed by atoms with van der Waals surface area (Å²) in [5.41, 5.74) is 1.64. The van der Waals surface area contributed by atoms with E-state index in [9.17, 15) is 19.2 Å². The number of amides is 2. The third-order valence-electron chi connectivity index (χ3n) is 4.88. The molecule has 0 fully saturated rings. The number of urea groups is 1. The van der Waals surface area contributed by atoms with Gasteiger partial charge in [-0.1, -0.05) is 43.3 Å². The number of esters is 2. The standard InChI is InChI=1S/C25H32N4O6/c1-4-34-20(30)14-10-6-9-13-19-21(18-11-7-5-8-12-18)27-24(28-22(19)31)29-25(33)26-15-16-35-23(32)17(2)3/h5,7-8,11-12H,2,4,6,9-10,13-16H2,1,3H3,(H3,26,27,28,29,31,33). The number of nitrogens with zero attached hydrogens (tertiary/aromatic N) is 1. The molecule has 0 spiro atoms. The van der Waals surface area contributed by atoms with Crippen LogP contribution in [0.25, 0.3) is 11.3 Å². The molecule has 2 amide bonds. The van der Waals surface area contributed by atoms with Crippen LogP contribution in [0.3, 0.4) is 0 Å². The maximum absolute atomic E-state index is 12.9. The molecule has 1 aromatic carbocycles. The molecule has 0 aliphatic heterocycles. The minimum Gasteiger partial charge on any atom is -0.466 e. The van der Waals surface area contributed by atoms with Gasteiger partial charge in [0.25, 0.3) is 5.56 Å². The predicted octanol–water partition coefficient (Wildman–Crippen LogP) is 3.34. The SMILES string of the molecule is C=C(C)C(=O)OCCNC(=O)Nc1nc(-c2ccccc2)c(CCCCCC(=O)OCC)c(=O)[nH]1. The van der Waals surface area contributed by atoms with Crippen LogP contribution in [0.15, 0.2) is 47.3 Å². The number of H-pyrrole nitrogens is 1. The van der Waals surface area contributed by atoms with Crippen LogP contribution in [0.2, 0.25) is 0 Å². The highest BCUT2D eigenvalue weighted by Gasteiger charge is 2.15. The number of hydrogen-bond acceptors (Lipinski definition) is 7. The Bertz CT molecular complexity index is 1080. The van der Waals surface area contributed by atoms with E-state index in [2.05, 4.69) is 27.2 Å². The molecule has 188 valence electrons. The number of rotatable bonds is 13. The summed E-state index contributed by atoms with van der Waals surface area (Å²) in [5, 5.41) is 5.03. The summed E-state index contributed by atoms with van der Waals surface area (Å²) in [5.74, 6) is -0.766. The Morgan fingerprint density at radius 1 is 1.09 bits per heavy atom. The lowest BCUT2D eigenvalue weighted by Crippen LogP contribution is -2.33. The first-order valence-electron chi connectivity index (χ1n) is 11.5. The van der Waals surface area contributed by atoms with Gasteiger partial charge in [-0.05, 0) is 33.1 Å². The van der Waals surface area contributed by atoms with Crippen LogP contribution in [0.4, 0.5) is 10.7 Å². The monoisotopic (exact) mass is 484 g/mol. The normalized spacial score (nSPS) is 10.3. The maximum atomic E-state index is 12.9. The molecule has 1 aromatic heterocycles. The largest absolute Gasteiger partial charge is 0.466 e. The summed E-state index contributed by atoms with van der Waals surface area (Å²) in [6.07, 6.45) is 2.94. The van der Waals surface area contributed by atoms with E-state index in [1.165, 1.54) is 6.92 Å². The number of anilines is 1. The van der Waals surface area contributed by atoms with Gasteiger partial charge in [0.1, 0.15) is 6.61 Å². The third kappa shape index (κ3) is 9.44. The quantitative estimate of drug-likeness (QED) is 0.225. The van der Waals surface area contributed by atoms with Crippen molar-refractivity contribution in [3.63, 3.8) is 0 Å². The van der Waals surface area contributed by atoms with E-state index in [0.717, 1.165) is 12.0 Å². The zero-order valence-corrected chi connectivity index (χ0v) is 20.1. The van der Waals surface area contributed by atoms with Crippen molar-refractivity contribution in [2.24, 2.45) is 0 Å². The third-order valence-corrected chi connectivity index (χ3v) is 4.88. The Labute approximate surface area is 204 Å².